The molecule has 1 aromatic rings. The van der Waals surface area contributed by atoms with Crippen molar-refractivity contribution in [1.29, 1.82) is 0 Å². The van der Waals surface area contributed by atoms with Crippen molar-refractivity contribution < 1.29 is 22.4 Å². The summed E-state index contributed by atoms with van der Waals surface area (Å²) in [6.45, 7) is 1.47. The van der Waals surface area contributed by atoms with E-state index >= 15 is 0 Å². The van der Waals surface area contributed by atoms with Gasteiger partial charge in [-0.25, -0.2) is 4.39 Å². The predicted molar refractivity (Wildman–Crippen MR) is 50.6 cm³/mol. The maximum absolute atomic E-state index is 12.9. The number of nitrogens with zero attached hydrogens (tertiary/aromatic N) is 1. The van der Waals surface area contributed by atoms with Crippen LogP contribution in [0.5, 0.6) is 0 Å². The van der Waals surface area contributed by atoms with E-state index in [0.717, 1.165) is 6.07 Å². The van der Waals surface area contributed by atoms with Crippen LogP contribution < -0.4 is 0 Å². The van der Waals surface area contributed by atoms with E-state index in [0.29, 0.717) is 6.07 Å². The van der Waals surface area contributed by atoms with Crippen LogP contribution in [0.3, 0.4) is 0 Å². The van der Waals surface area contributed by atoms with Gasteiger partial charge in [-0.1, -0.05) is 11.2 Å². The van der Waals surface area contributed by atoms with Crippen molar-refractivity contribution in [3.05, 3.63) is 35.1 Å². The number of oxime groups is 1. The summed E-state index contributed by atoms with van der Waals surface area (Å²) in [5.41, 5.74) is -0.903. The number of halogens is 4. The Morgan fingerprint density at radius 2 is 1.94 bits per heavy atom. The summed E-state index contributed by atoms with van der Waals surface area (Å²) in [4.78, 5) is 4.43. The number of rotatable bonds is 2. The van der Waals surface area contributed by atoms with Crippen LogP contribution in [0, 0.1) is 5.82 Å². The molecular formula is C10H9F4NO. The fourth-order valence-electron chi connectivity index (χ4n) is 1.16. The van der Waals surface area contributed by atoms with Gasteiger partial charge in [-0.05, 0) is 24.6 Å². The molecular weight excluding hydrogens is 226 g/mol. The number of hydrogen-bond acceptors (Lipinski definition) is 2. The van der Waals surface area contributed by atoms with Crippen LogP contribution in [0.15, 0.2) is 23.4 Å². The molecule has 2 nitrogen and oxygen atoms in total. The fourth-order valence-corrected chi connectivity index (χ4v) is 1.16. The molecule has 0 unspecified atom stereocenters. The third-order valence-electron chi connectivity index (χ3n) is 1.92. The van der Waals surface area contributed by atoms with E-state index in [1.807, 2.05) is 0 Å². The van der Waals surface area contributed by atoms with Crippen LogP contribution in [0.2, 0.25) is 0 Å². The molecule has 0 aliphatic carbocycles. The van der Waals surface area contributed by atoms with Gasteiger partial charge in [0.25, 0.3) is 0 Å². The Hall–Kier alpha value is -1.59. The van der Waals surface area contributed by atoms with Gasteiger partial charge >= 0.3 is 6.18 Å². The molecule has 0 radical (unpaired) electrons. The Labute approximate surface area is 89.5 Å². The van der Waals surface area contributed by atoms with Gasteiger partial charge in [-0.2, -0.15) is 13.2 Å². The largest absolute Gasteiger partial charge is 0.419 e. The number of benzene rings is 1. The van der Waals surface area contributed by atoms with E-state index in [2.05, 4.69) is 9.99 Å². The van der Waals surface area contributed by atoms with Crippen molar-refractivity contribution >= 4 is 5.71 Å². The third-order valence-corrected chi connectivity index (χ3v) is 1.92. The van der Waals surface area contributed by atoms with E-state index in [-0.39, 0.29) is 11.3 Å². The highest BCUT2D eigenvalue weighted by Crippen LogP contribution is 2.31. The first-order chi connectivity index (χ1) is 7.36. The molecule has 0 atom stereocenters. The lowest BCUT2D eigenvalue weighted by Gasteiger charge is -2.09. The summed E-state index contributed by atoms with van der Waals surface area (Å²) < 4.78 is 50.0. The molecule has 0 aromatic heterocycles. The second-order valence-corrected chi connectivity index (χ2v) is 3.05. The molecule has 1 rings (SSSR count). The highest BCUT2D eigenvalue weighted by molar-refractivity contribution is 5.98. The van der Waals surface area contributed by atoms with Crippen LogP contribution in [0.1, 0.15) is 18.1 Å². The average molecular weight is 235 g/mol. The molecule has 0 saturated heterocycles. The van der Waals surface area contributed by atoms with Gasteiger partial charge in [-0.3, -0.25) is 0 Å². The van der Waals surface area contributed by atoms with Crippen LogP contribution in [0.4, 0.5) is 17.6 Å². The Bertz CT molecular complexity index is 412. The van der Waals surface area contributed by atoms with E-state index in [4.69, 9.17) is 0 Å². The second kappa shape index (κ2) is 4.51. The van der Waals surface area contributed by atoms with Gasteiger partial charge < -0.3 is 4.84 Å². The molecule has 0 bridgehead atoms. The third kappa shape index (κ3) is 2.71. The van der Waals surface area contributed by atoms with Crippen molar-refractivity contribution in [2.45, 2.75) is 13.1 Å². The highest BCUT2D eigenvalue weighted by Gasteiger charge is 2.34. The first-order valence-corrected chi connectivity index (χ1v) is 4.31. The quantitative estimate of drug-likeness (QED) is 0.438. The Kier molecular flexibility index (Phi) is 3.51. The van der Waals surface area contributed by atoms with Crippen LogP contribution >= 0.6 is 0 Å². The average Bonchev–Trinajstić information content (AvgIpc) is 2.16. The minimum absolute atomic E-state index is 0.163. The van der Waals surface area contributed by atoms with Gasteiger partial charge in [0, 0.05) is 0 Å². The predicted octanol–water partition coefficient (Wildman–Crippen LogP) is 3.21. The maximum atomic E-state index is 12.9. The van der Waals surface area contributed by atoms with Gasteiger partial charge in [0.15, 0.2) is 0 Å². The van der Waals surface area contributed by atoms with Gasteiger partial charge in [0.05, 0.1) is 11.3 Å². The first kappa shape index (κ1) is 12.5. The minimum Gasteiger partial charge on any atom is -0.399 e. The lowest BCUT2D eigenvalue weighted by molar-refractivity contribution is -0.140. The molecule has 0 amide bonds. The van der Waals surface area contributed by atoms with Crippen LogP contribution in [-0.4, -0.2) is 12.8 Å². The van der Waals surface area contributed by atoms with Gasteiger partial charge in [-0.15, -0.1) is 0 Å². The summed E-state index contributed by atoms with van der Waals surface area (Å²) in [5, 5.41) is 3.47. The molecule has 88 valence electrons. The molecule has 16 heavy (non-hydrogen) atoms. The zero-order valence-electron chi connectivity index (χ0n) is 8.60. The Balaban J connectivity index is 3.23. The molecule has 0 heterocycles. The lowest BCUT2D eigenvalue weighted by atomic mass is 10.1. The van der Waals surface area contributed by atoms with Crippen molar-refractivity contribution in [3.63, 3.8) is 0 Å². The first-order valence-electron chi connectivity index (χ1n) is 4.31. The standard InChI is InChI=1S/C10H9F4NO/c1-6(15-16-2)7-3-4-9(11)8(5-7)10(12,13)14/h3-5H,1-2H3. The Morgan fingerprint density at radius 3 is 2.44 bits per heavy atom. The highest BCUT2D eigenvalue weighted by atomic mass is 19.4. The fraction of sp³-hybridized carbons (Fsp3) is 0.300. The molecule has 1 aromatic carbocycles. The zero-order valence-corrected chi connectivity index (χ0v) is 8.60. The molecule has 0 aliphatic rings. The minimum atomic E-state index is -4.71. The van der Waals surface area contributed by atoms with E-state index in [9.17, 15) is 17.6 Å². The summed E-state index contributed by atoms with van der Waals surface area (Å²) in [6.07, 6.45) is -4.71. The normalized spacial score (nSPS) is 12.8. The SMILES string of the molecule is CON=C(C)c1ccc(F)c(C(F)(F)F)c1. The van der Waals surface area contributed by atoms with E-state index < -0.39 is 17.6 Å². The monoisotopic (exact) mass is 235 g/mol. The zero-order chi connectivity index (χ0) is 12.3. The second-order valence-electron chi connectivity index (χ2n) is 3.05. The van der Waals surface area contributed by atoms with Crippen LogP contribution in [0.25, 0.3) is 0 Å². The van der Waals surface area contributed by atoms with E-state index in [1.165, 1.54) is 20.1 Å². The number of hydrogen-bond donors (Lipinski definition) is 0. The molecule has 0 saturated carbocycles. The van der Waals surface area contributed by atoms with E-state index in [1.54, 1.807) is 0 Å². The topological polar surface area (TPSA) is 21.6 Å². The maximum Gasteiger partial charge on any atom is 0.419 e. The van der Waals surface area contributed by atoms with Crippen molar-refractivity contribution in [2.24, 2.45) is 5.16 Å². The molecule has 0 fully saturated rings. The molecule has 0 aliphatic heterocycles. The van der Waals surface area contributed by atoms with Crippen molar-refractivity contribution in [1.82, 2.24) is 0 Å². The smallest absolute Gasteiger partial charge is 0.399 e. The van der Waals surface area contributed by atoms with Crippen molar-refractivity contribution in [3.8, 4) is 0 Å². The Morgan fingerprint density at radius 1 is 1.31 bits per heavy atom. The number of alkyl halides is 3. The van der Waals surface area contributed by atoms with Crippen molar-refractivity contribution in [2.75, 3.05) is 7.11 Å². The molecule has 0 spiro atoms. The molecule has 6 heteroatoms. The molecule has 0 N–H and O–H groups in total. The van der Waals surface area contributed by atoms with Crippen LogP contribution in [-0.2, 0) is 11.0 Å². The van der Waals surface area contributed by atoms with Gasteiger partial charge in [0.2, 0.25) is 0 Å². The summed E-state index contributed by atoms with van der Waals surface area (Å²) in [5.74, 6) is -1.30. The summed E-state index contributed by atoms with van der Waals surface area (Å²) >= 11 is 0. The summed E-state index contributed by atoms with van der Waals surface area (Å²) in [7, 11) is 1.28. The van der Waals surface area contributed by atoms with Gasteiger partial charge in [0.1, 0.15) is 12.9 Å². The lowest BCUT2D eigenvalue weighted by Crippen LogP contribution is -2.10. The summed E-state index contributed by atoms with van der Waals surface area (Å²) in [6, 6.07) is 2.67.